The average molecular weight is 267 g/mol. The van der Waals surface area contributed by atoms with Crippen molar-refractivity contribution in [2.45, 2.75) is 26.4 Å². The van der Waals surface area contributed by atoms with Gasteiger partial charge in [-0.25, -0.2) is 0 Å². The zero-order chi connectivity index (χ0) is 14.1. The van der Waals surface area contributed by atoms with E-state index in [0.29, 0.717) is 6.42 Å². The highest BCUT2D eigenvalue weighted by Crippen LogP contribution is 2.29. The van der Waals surface area contributed by atoms with E-state index in [9.17, 15) is 4.79 Å². The molecule has 2 aromatic rings. The molecule has 2 aromatic carbocycles. The molecule has 20 heavy (non-hydrogen) atoms. The molecule has 3 rings (SSSR count). The van der Waals surface area contributed by atoms with E-state index in [1.807, 2.05) is 56.3 Å². The number of hydrogen-bond acceptors (Lipinski definition) is 2. The van der Waals surface area contributed by atoms with Gasteiger partial charge in [0.2, 0.25) is 0 Å². The third-order valence-corrected chi connectivity index (χ3v) is 3.80. The smallest absolute Gasteiger partial charge is 0.265 e. The molecule has 0 fully saturated rings. The molecule has 0 radical (unpaired) electrons. The molecule has 0 spiro atoms. The molecule has 102 valence electrons. The number of para-hydroxylation sites is 1. The quantitative estimate of drug-likeness (QED) is 0.907. The van der Waals surface area contributed by atoms with Crippen molar-refractivity contribution >= 4 is 11.6 Å². The number of amides is 1. The Balaban J connectivity index is 1.74. The third-order valence-electron chi connectivity index (χ3n) is 3.80. The fourth-order valence-electron chi connectivity index (χ4n) is 2.43. The molecule has 0 aliphatic carbocycles. The highest BCUT2D eigenvalue weighted by molar-refractivity contribution is 5.95. The lowest BCUT2D eigenvalue weighted by Gasteiger charge is -2.14. The minimum Gasteiger partial charge on any atom is -0.480 e. The summed E-state index contributed by atoms with van der Waals surface area (Å²) in [5, 5.41) is 2.96. The van der Waals surface area contributed by atoms with Crippen LogP contribution in [0, 0.1) is 13.8 Å². The number of aryl methyl sites for hydroxylation is 1. The Bertz CT molecular complexity index is 639. The van der Waals surface area contributed by atoms with E-state index in [1.54, 1.807) is 0 Å². The second-order valence-corrected chi connectivity index (χ2v) is 5.16. The fraction of sp³-hybridized carbons (Fsp3) is 0.235. The summed E-state index contributed by atoms with van der Waals surface area (Å²) < 4.78 is 5.70. The van der Waals surface area contributed by atoms with E-state index < -0.39 is 6.10 Å². The van der Waals surface area contributed by atoms with Gasteiger partial charge in [0.1, 0.15) is 5.75 Å². The summed E-state index contributed by atoms with van der Waals surface area (Å²) in [5.74, 6) is 0.725. The van der Waals surface area contributed by atoms with Crippen LogP contribution in [0.15, 0.2) is 42.5 Å². The van der Waals surface area contributed by atoms with Gasteiger partial charge in [-0.05, 0) is 42.7 Å². The molecular weight excluding hydrogens is 250 g/mol. The predicted molar refractivity (Wildman–Crippen MR) is 79.1 cm³/mol. The van der Waals surface area contributed by atoms with Crippen LogP contribution in [0.2, 0.25) is 0 Å². The van der Waals surface area contributed by atoms with E-state index in [4.69, 9.17) is 4.74 Å². The first-order chi connectivity index (χ1) is 9.65. The molecule has 1 aliphatic heterocycles. The van der Waals surface area contributed by atoms with Gasteiger partial charge in [-0.1, -0.05) is 30.3 Å². The third kappa shape index (κ3) is 2.27. The van der Waals surface area contributed by atoms with E-state index in [2.05, 4.69) is 5.32 Å². The summed E-state index contributed by atoms with van der Waals surface area (Å²) in [7, 11) is 0. The summed E-state index contributed by atoms with van der Waals surface area (Å²) in [6.45, 7) is 4.04. The SMILES string of the molecule is Cc1cccc(NC(=O)[C@H]2Cc3ccccc3O2)c1C. The van der Waals surface area contributed by atoms with Crippen molar-refractivity contribution in [3.63, 3.8) is 0 Å². The number of hydrogen-bond donors (Lipinski definition) is 1. The number of nitrogens with one attached hydrogen (secondary N) is 1. The fourth-order valence-corrected chi connectivity index (χ4v) is 2.43. The lowest BCUT2D eigenvalue weighted by Crippen LogP contribution is -2.31. The van der Waals surface area contributed by atoms with Crippen molar-refractivity contribution in [1.82, 2.24) is 0 Å². The molecule has 1 amide bonds. The van der Waals surface area contributed by atoms with Crippen molar-refractivity contribution < 1.29 is 9.53 Å². The average Bonchev–Trinajstić information content (AvgIpc) is 2.88. The number of anilines is 1. The van der Waals surface area contributed by atoms with E-state index in [0.717, 1.165) is 22.6 Å². The number of benzene rings is 2. The van der Waals surface area contributed by atoms with Gasteiger partial charge in [0, 0.05) is 12.1 Å². The second-order valence-electron chi connectivity index (χ2n) is 5.16. The van der Waals surface area contributed by atoms with Gasteiger partial charge >= 0.3 is 0 Å². The molecule has 0 aromatic heterocycles. The molecule has 0 bridgehead atoms. The van der Waals surface area contributed by atoms with E-state index in [-0.39, 0.29) is 5.91 Å². The molecule has 1 aliphatic rings. The largest absolute Gasteiger partial charge is 0.480 e. The maximum absolute atomic E-state index is 12.3. The molecule has 0 saturated heterocycles. The number of carbonyl (C=O) groups is 1. The van der Waals surface area contributed by atoms with Crippen LogP contribution in [0.5, 0.6) is 5.75 Å². The molecule has 3 nitrogen and oxygen atoms in total. The standard InChI is InChI=1S/C17H17NO2/c1-11-6-5-8-14(12(11)2)18-17(19)16-10-13-7-3-4-9-15(13)20-16/h3-9,16H,10H2,1-2H3,(H,18,19)/t16-/m1/s1. The number of fused-ring (bicyclic) bond motifs is 1. The minimum atomic E-state index is -0.438. The van der Waals surface area contributed by atoms with Crippen LogP contribution in [0.4, 0.5) is 5.69 Å². The van der Waals surface area contributed by atoms with Gasteiger partial charge in [-0.2, -0.15) is 0 Å². The summed E-state index contributed by atoms with van der Waals surface area (Å²) in [4.78, 5) is 12.3. The Morgan fingerprint density at radius 2 is 1.95 bits per heavy atom. The Morgan fingerprint density at radius 3 is 2.75 bits per heavy atom. The summed E-state index contributed by atoms with van der Waals surface area (Å²) >= 11 is 0. The van der Waals surface area contributed by atoms with Crippen LogP contribution >= 0.6 is 0 Å². The van der Waals surface area contributed by atoms with E-state index >= 15 is 0 Å². The number of carbonyl (C=O) groups excluding carboxylic acids is 1. The highest BCUT2D eigenvalue weighted by Gasteiger charge is 2.28. The molecular formula is C17H17NO2. The van der Waals surface area contributed by atoms with Gasteiger partial charge in [0.25, 0.3) is 5.91 Å². The molecule has 1 heterocycles. The van der Waals surface area contributed by atoms with Gasteiger partial charge in [0.05, 0.1) is 0 Å². The lowest BCUT2D eigenvalue weighted by molar-refractivity contribution is -0.122. The summed E-state index contributed by atoms with van der Waals surface area (Å²) in [6, 6.07) is 13.7. The van der Waals surface area contributed by atoms with Crippen LogP contribution < -0.4 is 10.1 Å². The molecule has 0 unspecified atom stereocenters. The van der Waals surface area contributed by atoms with Crippen molar-refractivity contribution in [3.05, 3.63) is 59.2 Å². The van der Waals surface area contributed by atoms with Crippen molar-refractivity contribution in [2.24, 2.45) is 0 Å². The Hall–Kier alpha value is -2.29. The van der Waals surface area contributed by atoms with Gasteiger partial charge in [0.15, 0.2) is 6.10 Å². The van der Waals surface area contributed by atoms with Gasteiger partial charge in [-0.15, -0.1) is 0 Å². The molecule has 1 atom stereocenters. The lowest BCUT2D eigenvalue weighted by atomic mass is 10.1. The van der Waals surface area contributed by atoms with Crippen LogP contribution in [-0.2, 0) is 11.2 Å². The summed E-state index contributed by atoms with van der Waals surface area (Å²) in [6.07, 6.45) is 0.194. The van der Waals surface area contributed by atoms with Crippen LogP contribution in [0.3, 0.4) is 0 Å². The zero-order valence-electron chi connectivity index (χ0n) is 11.6. The first-order valence-corrected chi connectivity index (χ1v) is 6.77. The van der Waals surface area contributed by atoms with Crippen LogP contribution in [0.25, 0.3) is 0 Å². The van der Waals surface area contributed by atoms with Crippen LogP contribution in [0.1, 0.15) is 16.7 Å². The maximum atomic E-state index is 12.3. The second kappa shape index (κ2) is 5.00. The van der Waals surface area contributed by atoms with Crippen molar-refractivity contribution in [2.75, 3.05) is 5.32 Å². The maximum Gasteiger partial charge on any atom is 0.265 e. The van der Waals surface area contributed by atoms with Crippen molar-refractivity contribution in [3.8, 4) is 5.75 Å². The molecule has 3 heteroatoms. The van der Waals surface area contributed by atoms with Gasteiger partial charge < -0.3 is 10.1 Å². The Kier molecular flexibility index (Phi) is 3.18. The van der Waals surface area contributed by atoms with Crippen LogP contribution in [-0.4, -0.2) is 12.0 Å². The zero-order valence-corrected chi connectivity index (χ0v) is 11.6. The first kappa shape index (κ1) is 12.7. The molecule has 1 N–H and O–H groups in total. The van der Waals surface area contributed by atoms with Gasteiger partial charge in [-0.3, -0.25) is 4.79 Å². The highest BCUT2D eigenvalue weighted by atomic mass is 16.5. The first-order valence-electron chi connectivity index (χ1n) is 6.77. The summed E-state index contributed by atoms with van der Waals surface area (Å²) in [5.41, 5.74) is 4.21. The monoisotopic (exact) mass is 267 g/mol. The number of ether oxygens (including phenoxy) is 1. The number of rotatable bonds is 2. The Morgan fingerprint density at radius 1 is 1.15 bits per heavy atom. The Labute approximate surface area is 118 Å². The topological polar surface area (TPSA) is 38.3 Å². The predicted octanol–water partition coefficient (Wildman–Crippen LogP) is 3.25. The normalized spacial score (nSPS) is 16.4. The minimum absolute atomic E-state index is 0.0881. The van der Waals surface area contributed by atoms with Crippen molar-refractivity contribution in [1.29, 1.82) is 0 Å². The molecule has 0 saturated carbocycles. The van der Waals surface area contributed by atoms with E-state index in [1.165, 1.54) is 5.56 Å².